The van der Waals surface area contributed by atoms with E-state index >= 15 is 0 Å². The first-order valence-corrected chi connectivity index (χ1v) is 11.8. The highest BCUT2D eigenvalue weighted by Gasteiger charge is 2.59. The normalized spacial score (nSPS) is 15.7. The second kappa shape index (κ2) is 7.76. The van der Waals surface area contributed by atoms with Crippen molar-refractivity contribution in [3.63, 3.8) is 0 Å². The molecule has 0 unspecified atom stereocenters. The van der Waals surface area contributed by atoms with Gasteiger partial charge in [0.2, 0.25) is 0 Å². The van der Waals surface area contributed by atoms with Gasteiger partial charge in [-0.2, -0.15) is 8.42 Å². The summed E-state index contributed by atoms with van der Waals surface area (Å²) in [5.41, 5.74) is -4.85. The van der Waals surface area contributed by atoms with Gasteiger partial charge in [0.1, 0.15) is 26.4 Å². The molecule has 0 spiro atoms. The lowest BCUT2D eigenvalue weighted by Crippen LogP contribution is -2.30. The highest BCUT2D eigenvalue weighted by molar-refractivity contribution is 9.13. The van der Waals surface area contributed by atoms with Crippen LogP contribution in [-0.4, -0.2) is 28.5 Å². The van der Waals surface area contributed by atoms with Crippen LogP contribution in [-0.2, 0) is 19.9 Å². The van der Waals surface area contributed by atoms with E-state index < -0.39 is 51.9 Å². The minimum absolute atomic E-state index is 0.0277. The van der Waals surface area contributed by atoms with E-state index in [0.29, 0.717) is 0 Å². The van der Waals surface area contributed by atoms with E-state index in [1.807, 2.05) is 0 Å². The van der Waals surface area contributed by atoms with Gasteiger partial charge in [0.25, 0.3) is 10.1 Å². The molecule has 0 saturated heterocycles. The van der Waals surface area contributed by atoms with Crippen LogP contribution in [0.1, 0.15) is 16.7 Å². The maximum absolute atomic E-state index is 13.2. The van der Waals surface area contributed by atoms with Gasteiger partial charge >= 0.3 is 11.4 Å². The summed E-state index contributed by atoms with van der Waals surface area (Å²) in [7, 11) is -4.71. The summed E-state index contributed by atoms with van der Waals surface area (Å²) >= 11 is 5.91. The van der Waals surface area contributed by atoms with Crippen molar-refractivity contribution < 1.29 is 32.7 Å². The molecular formula is C19H10Br2N2O9S. The van der Waals surface area contributed by atoms with Crippen molar-refractivity contribution in [2.24, 2.45) is 0 Å². The fourth-order valence-electron chi connectivity index (χ4n) is 3.74. The number of phenolic OH excluding ortho intramolecular Hbond substituents is 2. The van der Waals surface area contributed by atoms with Crippen molar-refractivity contribution in [2.75, 3.05) is 0 Å². The summed E-state index contributed by atoms with van der Waals surface area (Å²) in [6.07, 6.45) is 0. The predicted octanol–water partition coefficient (Wildman–Crippen LogP) is 4.45. The van der Waals surface area contributed by atoms with Crippen LogP contribution in [0.3, 0.4) is 0 Å². The number of hydrogen-bond acceptors (Lipinski definition) is 9. The number of rotatable bonds is 4. The lowest BCUT2D eigenvalue weighted by Gasteiger charge is -2.29. The Bertz CT molecular complexity index is 1390. The Labute approximate surface area is 201 Å². The average molecular weight is 602 g/mol. The van der Waals surface area contributed by atoms with E-state index in [1.165, 1.54) is 48.5 Å². The first-order chi connectivity index (χ1) is 15.4. The molecule has 4 rings (SSSR count). The van der Waals surface area contributed by atoms with Gasteiger partial charge in [-0.1, -0.05) is 24.3 Å². The molecule has 0 aliphatic carbocycles. The zero-order valence-electron chi connectivity index (χ0n) is 15.9. The van der Waals surface area contributed by atoms with E-state index in [1.54, 1.807) is 0 Å². The Balaban J connectivity index is 2.31. The number of aromatic hydroxyl groups is 2. The molecule has 0 bridgehead atoms. The maximum atomic E-state index is 13.2. The van der Waals surface area contributed by atoms with E-state index in [-0.39, 0.29) is 27.1 Å². The number of halogens is 2. The molecule has 3 aromatic carbocycles. The molecule has 1 heterocycles. The molecule has 0 aromatic heterocycles. The quantitative estimate of drug-likeness (QED) is 0.249. The third kappa shape index (κ3) is 3.37. The molecule has 11 nitrogen and oxygen atoms in total. The summed E-state index contributed by atoms with van der Waals surface area (Å²) in [5.74, 6) is -0.365. The van der Waals surface area contributed by atoms with Crippen LogP contribution in [0.5, 0.6) is 11.5 Å². The summed E-state index contributed by atoms with van der Waals surface area (Å²) in [6, 6.07) is 9.94. The topological polar surface area (TPSA) is 170 Å². The number of fused-ring (bicyclic) bond motifs is 1. The zero-order valence-corrected chi connectivity index (χ0v) is 19.9. The lowest BCUT2D eigenvalue weighted by atomic mass is 9.79. The highest BCUT2D eigenvalue weighted by Crippen LogP contribution is 2.59. The van der Waals surface area contributed by atoms with Crippen molar-refractivity contribution in [3.05, 3.63) is 94.4 Å². The molecule has 33 heavy (non-hydrogen) atoms. The summed E-state index contributed by atoms with van der Waals surface area (Å²) in [4.78, 5) is 21.3. The van der Waals surface area contributed by atoms with E-state index in [0.717, 1.165) is 0 Å². The number of hydrogen-bond donors (Lipinski definition) is 2. The summed E-state index contributed by atoms with van der Waals surface area (Å²) < 4.78 is 31.2. The van der Waals surface area contributed by atoms with Gasteiger partial charge in [-0.15, -0.1) is 0 Å². The SMILES string of the molecule is O=[N+]([O-])c1c(Br)c(Br)c2c(c1[N+](=O)[O-])C(c1ccc(O)cc1)(c1ccc(O)cc1)OS2(=O)=O. The first kappa shape index (κ1) is 23.1. The largest absolute Gasteiger partial charge is 0.508 e. The van der Waals surface area contributed by atoms with Gasteiger partial charge in [0, 0.05) is 0 Å². The lowest BCUT2D eigenvalue weighted by molar-refractivity contribution is -0.424. The van der Waals surface area contributed by atoms with Crippen LogP contribution in [0.15, 0.2) is 62.4 Å². The number of nitro benzene ring substituents is 2. The Kier molecular flexibility index (Phi) is 5.43. The minimum atomic E-state index is -4.71. The van der Waals surface area contributed by atoms with Crippen LogP contribution >= 0.6 is 31.9 Å². The summed E-state index contributed by atoms with van der Waals surface area (Å²) in [6.45, 7) is 0. The highest BCUT2D eigenvalue weighted by atomic mass is 79.9. The number of benzene rings is 3. The van der Waals surface area contributed by atoms with Crippen molar-refractivity contribution in [3.8, 4) is 11.5 Å². The smallest absolute Gasteiger partial charge is 0.361 e. The van der Waals surface area contributed by atoms with Crippen LogP contribution < -0.4 is 0 Å². The van der Waals surface area contributed by atoms with Crippen molar-refractivity contribution in [1.82, 2.24) is 0 Å². The Morgan fingerprint density at radius 2 is 1.21 bits per heavy atom. The number of phenols is 2. The molecular weight excluding hydrogens is 592 g/mol. The molecule has 0 saturated carbocycles. The van der Waals surface area contributed by atoms with Crippen molar-refractivity contribution >= 4 is 53.4 Å². The van der Waals surface area contributed by atoms with Crippen molar-refractivity contribution in [2.45, 2.75) is 10.5 Å². The van der Waals surface area contributed by atoms with Crippen molar-refractivity contribution in [1.29, 1.82) is 0 Å². The van der Waals surface area contributed by atoms with Gasteiger partial charge in [-0.3, -0.25) is 20.2 Å². The first-order valence-electron chi connectivity index (χ1n) is 8.80. The van der Waals surface area contributed by atoms with Crippen LogP contribution in [0, 0.1) is 20.2 Å². The monoisotopic (exact) mass is 600 g/mol. The number of nitro groups is 2. The Hall–Kier alpha value is -3.07. The minimum Gasteiger partial charge on any atom is -0.508 e. The second-order valence-corrected chi connectivity index (χ2v) is 9.93. The molecule has 0 atom stereocenters. The van der Waals surface area contributed by atoms with Gasteiger partial charge in [0.15, 0.2) is 5.60 Å². The third-order valence-corrected chi connectivity index (χ3v) is 8.77. The zero-order chi connectivity index (χ0) is 24.3. The molecule has 0 radical (unpaired) electrons. The molecule has 3 aromatic rings. The van der Waals surface area contributed by atoms with Gasteiger partial charge in [0.05, 0.1) is 14.3 Å². The second-order valence-electron chi connectivity index (χ2n) is 6.86. The van der Waals surface area contributed by atoms with Gasteiger partial charge in [-0.25, -0.2) is 4.18 Å². The van der Waals surface area contributed by atoms with Crippen LogP contribution in [0.2, 0.25) is 0 Å². The van der Waals surface area contributed by atoms with Crippen LogP contribution in [0.25, 0.3) is 0 Å². The standard InChI is InChI=1S/C19H10Br2N2O9S/c20-14-15(21)18-13(16(22(26)27)17(14)23(28)29)19(32-33(18,30)31,9-1-5-11(24)6-2-9)10-3-7-12(25)8-4-10/h1-8,24-25H. The molecule has 1 aliphatic rings. The maximum Gasteiger partial charge on any atom is 0.361 e. The molecule has 170 valence electrons. The number of nitrogens with zero attached hydrogens (tertiary/aromatic N) is 2. The Morgan fingerprint density at radius 3 is 1.61 bits per heavy atom. The molecule has 1 aliphatic heterocycles. The fourth-order valence-corrected chi connectivity index (χ4v) is 6.88. The molecule has 0 amide bonds. The average Bonchev–Trinajstić information content (AvgIpc) is 2.99. The molecule has 0 fully saturated rings. The van der Waals surface area contributed by atoms with E-state index in [4.69, 9.17) is 4.18 Å². The predicted molar refractivity (Wildman–Crippen MR) is 120 cm³/mol. The Morgan fingerprint density at radius 1 is 0.788 bits per heavy atom. The molecule has 14 heteroatoms. The third-order valence-electron chi connectivity index (χ3n) is 5.04. The summed E-state index contributed by atoms with van der Waals surface area (Å²) in [5, 5.41) is 43.4. The van der Waals surface area contributed by atoms with Crippen LogP contribution in [0.4, 0.5) is 11.4 Å². The van der Waals surface area contributed by atoms with Gasteiger partial charge < -0.3 is 10.2 Å². The molecule has 2 N–H and O–H groups in total. The van der Waals surface area contributed by atoms with E-state index in [9.17, 15) is 38.9 Å². The van der Waals surface area contributed by atoms with E-state index in [2.05, 4.69) is 31.9 Å². The fraction of sp³-hybridized carbons (Fsp3) is 0.0526. The van der Waals surface area contributed by atoms with Gasteiger partial charge in [-0.05, 0) is 67.3 Å².